The van der Waals surface area contributed by atoms with Crippen molar-refractivity contribution < 1.29 is 27.8 Å². The standard InChI is InChI=1S/C19H17F2NO4/c1-13-6-8-14(9-7-13)10-11-18(24)25-12-17(23)22-15-4-2-3-5-16(15)26-19(20)21/h2-11,19H,12H2,1H3,(H,22,23)/b11-10+. The van der Waals surface area contributed by atoms with Gasteiger partial charge in [-0.05, 0) is 30.7 Å². The van der Waals surface area contributed by atoms with Crippen LogP contribution in [-0.2, 0) is 14.3 Å². The highest BCUT2D eigenvalue weighted by molar-refractivity contribution is 5.95. The van der Waals surface area contributed by atoms with Crippen LogP contribution in [0.2, 0.25) is 0 Å². The minimum absolute atomic E-state index is 0.0593. The highest BCUT2D eigenvalue weighted by Crippen LogP contribution is 2.25. The largest absolute Gasteiger partial charge is 0.452 e. The van der Waals surface area contributed by atoms with Crippen molar-refractivity contribution in [2.24, 2.45) is 0 Å². The van der Waals surface area contributed by atoms with E-state index in [0.29, 0.717) is 0 Å². The van der Waals surface area contributed by atoms with Gasteiger partial charge in [-0.3, -0.25) is 4.79 Å². The molecule has 2 aromatic carbocycles. The maximum atomic E-state index is 12.3. The van der Waals surface area contributed by atoms with E-state index in [4.69, 9.17) is 4.74 Å². The van der Waals surface area contributed by atoms with Crippen LogP contribution in [0.4, 0.5) is 14.5 Å². The van der Waals surface area contributed by atoms with E-state index in [1.54, 1.807) is 12.1 Å². The second-order valence-corrected chi connectivity index (χ2v) is 5.27. The van der Waals surface area contributed by atoms with Gasteiger partial charge in [0.05, 0.1) is 5.69 Å². The van der Waals surface area contributed by atoms with Crippen LogP contribution in [0.15, 0.2) is 54.6 Å². The van der Waals surface area contributed by atoms with Gasteiger partial charge in [-0.1, -0.05) is 42.0 Å². The Morgan fingerprint density at radius 1 is 1.12 bits per heavy atom. The van der Waals surface area contributed by atoms with Crippen LogP contribution in [0.5, 0.6) is 5.75 Å². The Morgan fingerprint density at radius 3 is 2.50 bits per heavy atom. The molecule has 0 fully saturated rings. The van der Waals surface area contributed by atoms with Crippen LogP contribution >= 0.6 is 0 Å². The minimum atomic E-state index is -3.02. The third-order valence-electron chi connectivity index (χ3n) is 3.21. The van der Waals surface area contributed by atoms with Crippen molar-refractivity contribution in [3.05, 3.63) is 65.7 Å². The quantitative estimate of drug-likeness (QED) is 0.602. The van der Waals surface area contributed by atoms with Crippen molar-refractivity contribution in [1.82, 2.24) is 0 Å². The summed E-state index contributed by atoms with van der Waals surface area (Å²) in [5.41, 5.74) is 1.97. The summed E-state index contributed by atoms with van der Waals surface area (Å²) in [6, 6.07) is 13.2. The first-order valence-electron chi connectivity index (χ1n) is 7.69. The van der Waals surface area contributed by atoms with E-state index in [1.165, 1.54) is 24.3 Å². The number of hydrogen-bond acceptors (Lipinski definition) is 4. The first-order chi connectivity index (χ1) is 12.4. The number of carbonyl (C=O) groups excluding carboxylic acids is 2. The highest BCUT2D eigenvalue weighted by atomic mass is 19.3. The molecular formula is C19H17F2NO4. The number of benzene rings is 2. The van der Waals surface area contributed by atoms with Gasteiger partial charge in [0.1, 0.15) is 5.75 Å². The molecule has 0 radical (unpaired) electrons. The number of esters is 1. The Bertz CT molecular complexity index is 788. The summed E-state index contributed by atoms with van der Waals surface area (Å²) in [7, 11) is 0. The zero-order chi connectivity index (χ0) is 18.9. The van der Waals surface area contributed by atoms with Crippen molar-refractivity contribution in [1.29, 1.82) is 0 Å². The van der Waals surface area contributed by atoms with E-state index < -0.39 is 25.1 Å². The van der Waals surface area contributed by atoms with E-state index in [9.17, 15) is 18.4 Å². The molecule has 5 nitrogen and oxygen atoms in total. The molecule has 1 amide bonds. The molecule has 0 unspecified atom stereocenters. The van der Waals surface area contributed by atoms with Gasteiger partial charge in [0.2, 0.25) is 0 Å². The Morgan fingerprint density at radius 2 is 1.81 bits per heavy atom. The number of hydrogen-bond donors (Lipinski definition) is 1. The van der Waals surface area contributed by atoms with Crippen molar-refractivity contribution in [2.75, 3.05) is 11.9 Å². The Kier molecular flexibility index (Phi) is 6.84. The molecule has 136 valence electrons. The summed E-state index contributed by atoms with van der Waals surface area (Å²) >= 11 is 0. The number of carbonyl (C=O) groups is 2. The summed E-state index contributed by atoms with van der Waals surface area (Å²) in [6.45, 7) is -1.62. The zero-order valence-corrected chi connectivity index (χ0v) is 13.9. The zero-order valence-electron chi connectivity index (χ0n) is 13.9. The van der Waals surface area contributed by atoms with Crippen LogP contribution in [0.25, 0.3) is 6.08 Å². The summed E-state index contributed by atoms with van der Waals surface area (Å²) in [5.74, 6) is -1.55. The molecule has 26 heavy (non-hydrogen) atoms. The van der Waals surface area contributed by atoms with Crippen molar-refractivity contribution in [2.45, 2.75) is 13.5 Å². The third-order valence-corrected chi connectivity index (χ3v) is 3.21. The molecule has 0 aliphatic carbocycles. The number of alkyl halides is 2. The fourth-order valence-electron chi connectivity index (χ4n) is 1.98. The number of nitrogens with one attached hydrogen (secondary N) is 1. The van der Waals surface area contributed by atoms with Crippen LogP contribution < -0.4 is 10.1 Å². The van der Waals surface area contributed by atoms with E-state index in [2.05, 4.69) is 10.1 Å². The third kappa shape index (κ3) is 6.35. The molecule has 0 aromatic heterocycles. The molecule has 0 heterocycles. The lowest BCUT2D eigenvalue weighted by molar-refractivity contribution is -0.142. The summed E-state index contributed by atoms with van der Waals surface area (Å²) in [4.78, 5) is 23.5. The average molecular weight is 361 g/mol. The number of para-hydroxylation sites is 2. The normalized spacial score (nSPS) is 10.8. The summed E-state index contributed by atoms with van der Waals surface area (Å²) in [5, 5.41) is 2.35. The Balaban J connectivity index is 1.85. The average Bonchev–Trinajstić information content (AvgIpc) is 2.61. The summed E-state index contributed by atoms with van der Waals surface area (Å²) in [6.07, 6.45) is 2.76. The molecule has 0 spiro atoms. The van der Waals surface area contributed by atoms with Gasteiger partial charge >= 0.3 is 12.6 Å². The molecule has 2 aromatic rings. The first-order valence-corrected chi connectivity index (χ1v) is 7.69. The number of halogens is 2. The predicted octanol–water partition coefficient (Wildman–Crippen LogP) is 3.79. The lowest BCUT2D eigenvalue weighted by atomic mass is 10.1. The van der Waals surface area contributed by atoms with E-state index >= 15 is 0 Å². The van der Waals surface area contributed by atoms with Gasteiger partial charge in [-0.15, -0.1) is 0 Å². The number of rotatable bonds is 7. The van der Waals surface area contributed by atoms with Gasteiger partial charge in [-0.2, -0.15) is 8.78 Å². The molecule has 0 saturated carbocycles. The molecule has 0 atom stereocenters. The fourth-order valence-corrected chi connectivity index (χ4v) is 1.98. The van der Waals surface area contributed by atoms with Crippen molar-refractivity contribution in [3.8, 4) is 5.75 Å². The van der Waals surface area contributed by atoms with Gasteiger partial charge in [-0.25, -0.2) is 4.79 Å². The smallest absolute Gasteiger partial charge is 0.387 e. The van der Waals surface area contributed by atoms with Crippen LogP contribution in [0.1, 0.15) is 11.1 Å². The lowest BCUT2D eigenvalue weighted by Crippen LogP contribution is -2.20. The van der Waals surface area contributed by atoms with E-state index in [-0.39, 0.29) is 11.4 Å². The van der Waals surface area contributed by atoms with E-state index in [0.717, 1.165) is 11.1 Å². The highest BCUT2D eigenvalue weighted by Gasteiger charge is 2.12. The predicted molar refractivity (Wildman–Crippen MR) is 92.9 cm³/mol. The van der Waals surface area contributed by atoms with Crippen molar-refractivity contribution in [3.63, 3.8) is 0 Å². The molecule has 0 aliphatic heterocycles. The lowest BCUT2D eigenvalue weighted by Gasteiger charge is -2.11. The second-order valence-electron chi connectivity index (χ2n) is 5.27. The second kappa shape index (κ2) is 9.31. The van der Waals surface area contributed by atoms with Crippen LogP contribution in [0, 0.1) is 6.92 Å². The van der Waals surface area contributed by atoms with Gasteiger partial charge in [0, 0.05) is 6.08 Å². The molecule has 2 rings (SSSR count). The molecular weight excluding hydrogens is 344 g/mol. The van der Waals surface area contributed by atoms with Gasteiger partial charge in [0.15, 0.2) is 6.61 Å². The molecule has 7 heteroatoms. The van der Waals surface area contributed by atoms with E-state index in [1.807, 2.05) is 31.2 Å². The molecule has 0 saturated heterocycles. The molecule has 1 N–H and O–H groups in total. The molecule has 0 aliphatic rings. The molecule has 0 bridgehead atoms. The maximum Gasteiger partial charge on any atom is 0.387 e. The minimum Gasteiger partial charge on any atom is -0.452 e. The fraction of sp³-hybridized carbons (Fsp3) is 0.158. The first kappa shape index (κ1) is 19.1. The van der Waals surface area contributed by atoms with Crippen LogP contribution in [-0.4, -0.2) is 25.1 Å². The number of anilines is 1. The number of aryl methyl sites for hydroxylation is 1. The Hall–Kier alpha value is -3.22. The summed E-state index contributed by atoms with van der Waals surface area (Å²) < 4.78 is 33.8. The number of amides is 1. The topological polar surface area (TPSA) is 64.6 Å². The Labute approximate surface area is 149 Å². The SMILES string of the molecule is Cc1ccc(/C=C/C(=O)OCC(=O)Nc2ccccc2OC(F)F)cc1. The van der Waals surface area contributed by atoms with Crippen LogP contribution in [0.3, 0.4) is 0 Å². The number of ether oxygens (including phenoxy) is 2. The monoisotopic (exact) mass is 361 g/mol. The maximum absolute atomic E-state index is 12.3. The van der Waals surface area contributed by atoms with Crippen molar-refractivity contribution >= 4 is 23.6 Å². The van der Waals surface area contributed by atoms with Gasteiger partial charge < -0.3 is 14.8 Å². The van der Waals surface area contributed by atoms with Gasteiger partial charge in [0.25, 0.3) is 5.91 Å².